The van der Waals surface area contributed by atoms with Crippen LogP contribution in [0.3, 0.4) is 0 Å². The van der Waals surface area contributed by atoms with Crippen LogP contribution in [0.2, 0.25) is 0 Å². The number of aromatic nitrogens is 3. The fraction of sp³-hybridized carbons (Fsp3) is 0.120. The number of hydrogen-bond donors (Lipinski definition) is 1. The summed E-state index contributed by atoms with van der Waals surface area (Å²) in [6.45, 7) is 2.02. The van der Waals surface area contributed by atoms with E-state index >= 15 is 0 Å². The van der Waals surface area contributed by atoms with Gasteiger partial charge in [-0.1, -0.05) is 90.1 Å². The van der Waals surface area contributed by atoms with Crippen LogP contribution in [-0.2, 0) is 4.79 Å². The molecule has 0 aliphatic heterocycles. The van der Waals surface area contributed by atoms with Crippen molar-refractivity contribution in [3.05, 3.63) is 90.5 Å². The van der Waals surface area contributed by atoms with E-state index in [1.54, 1.807) is 0 Å². The maximum atomic E-state index is 12.2. The van der Waals surface area contributed by atoms with Crippen LogP contribution in [0.5, 0.6) is 0 Å². The van der Waals surface area contributed by atoms with Crippen molar-refractivity contribution in [3.63, 3.8) is 0 Å². The molecule has 0 atom stereocenters. The molecule has 0 saturated carbocycles. The zero-order valence-electron chi connectivity index (χ0n) is 17.2. The predicted molar refractivity (Wildman–Crippen MR) is 126 cm³/mol. The van der Waals surface area contributed by atoms with E-state index < -0.39 is 0 Å². The number of carbonyl (C=O) groups excluding carboxylic acids is 1. The largest absolute Gasteiger partial charge is 0.326 e. The lowest BCUT2D eigenvalue weighted by atomic mass is 10.0. The van der Waals surface area contributed by atoms with Crippen LogP contribution in [0.15, 0.2) is 90.1 Å². The van der Waals surface area contributed by atoms with Gasteiger partial charge in [-0.3, -0.25) is 4.79 Å². The standard InChI is InChI=1S/C25H22N4OS/c1-18-12-14-21(15-13-18)26-22(30)16-17-31-25-27-23(19-8-4-2-5-9-19)24(28-29-25)20-10-6-3-7-11-20/h2-15H,16-17H2,1H3,(H,26,30). The van der Waals surface area contributed by atoms with Gasteiger partial charge in [0.1, 0.15) is 11.4 Å². The zero-order valence-corrected chi connectivity index (χ0v) is 18.0. The quantitative estimate of drug-likeness (QED) is 0.388. The summed E-state index contributed by atoms with van der Waals surface area (Å²) in [5.41, 5.74) is 5.44. The van der Waals surface area contributed by atoms with Crippen molar-refractivity contribution < 1.29 is 4.79 Å². The average Bonchev–Trinajstić information content (AvgIpc) is 2.82. The fourth-order valence-electron chi connectivity index (χ4n) is 3.06. The van der Waals surface area contributed by atoms with Crippen LogP contribution in [0.1, 0.15) is 12.0 Å². The Kier molecular flexibility index (Phi) is 6.69. The Morgan fingerprint density at radius 3 is 2.06 bits per heavy atom. The first-order chi connectivity index (χ1) is 15.2. The number of carbonyl (C=O) groups is 1. The number of nitrogens with one attached hydrogen (secondary N) is 1. The Morgan fingerprint density at radius 2 is 1.42 bits per heavy atom. The maximum Gasteiger partial charge on any atom is 0.225 e. The van der Waals surface area contributed by atoms with Gasteiger partial charge in [0, 0.05) is 29.0 Å². The molecule has 0 aliphatic carbocycles. The van der Waals surface area contributed by atoms with E-state index in [0.29, 0.717) is 17.3 Å². The maximum absolute atomic E-state index is 12.2. The Hall–Kier alpha value is -3.51. The first-order valence-electron chi connectivity index (χ1n) is 10.0. The highest BCUT2D eigenvalue weighted by Gasteiger charge is 2.14. The van der Waals surface area contributed by atoms with Crippen molar-refractivity contribution in [3.8, 4) is 22.5 Å². The van der Waals surface area contributed by atoms with Crippen molar-refractivity contribution in [2.24, 2.45) is 0 Å². The predicted octanol–water partition coefficient (Wildman–Crippen LogP) is 5.63. The van der Waals surface area contributed by atoms with Gasteiger partial charge in [-0.15, -0.1) is 10.2 Å². The van der Waals surface area contributed by atoms with Crippen LogP contribution >= 0.6 is 11.8 Å². The minimum Gasteiger partial charge on any atom is -0.326 e. The van der Waals surface area contributed by atoms with Crippen molar-refractivity contribution in [2.75, 3.05) is 11.1 Å². The molecule has 1 aromatic heterocycles. The Morgan fingerprint density at radius 1 is 0.806 bits per heavy atom. The molecule has 0 saturated heterocycles. The van der Waals surface area contributed by atoms with Gasteiger partial charge in [0.15, 0.2) is 0 Å². The smallest absolute Gasteiger partial charge is 0.225 e. The summed E-state index contributed by atoms with van der Waals surface area (Å²) in [4.78, 5) is 17.0. The van der Waals surface area contributed by atoms with Gasteiger partial charge >= 0.3 is 0 Å². The number of rotatable bonds is 7. The first-order valence-corrected chi connectivity index (χ1v) is 11.0. The third kappa shape index (κ3) is 5.55. The highest BCUT2D eigenvalue weighted by molar-refractivity contribution is 7.99. The molecule has 1 amide bonds. The van der Waals surface area contributed by atoms with Gasteiger partial charge in [0.2, 0.25) is 11.1 Å². The highest BCUT2D eigenvalue weighted by Crippen LogP contribution is 2.29. The molecule has 4 rings (SSSR count). The Bertz CT molecular complexity index is 1150. The lowest BCUT2D eigenvalue weighted by Gasteiger charge is -2.09. The minimum absolute atomic E-state index is 0.0338. The summed E-state index contributed by atoms with van der Waals surface area (Å²) in [6, 6.07) is 27.6. The first kappa shape index (κ1) is 20.8. The molecule has 0 spiro atoms. The molecular formula is C25H22N4OS. The third-order valence-corrected chi connectivity index (χ3v) is 5.50. The van der Waals surface area contributed by atoms with Gasteiger partial charge in [0.25, 0.3) is 0 Å². The van der Waals surface area contributed by atoms with Crippen LogP contribution in [0.25, 0.3) is 22.5 Å². The summed E-state index contributed by atoms with van der Waals surface area (Å²) >= 11 is 1.43. The second-order valence-electron chi connectivity index (χ2n) is 7.04. The lowest BCUT2D eigenvalue weighted by Crippen LogP contribution is -2.12. The topological polar surface area (TPSA) is 67.8 Å². The van der Waals surface area contributed by atoms with E-state index in [-0.39, 0.29) is 5.91 Å². The number of hydrogen-bond acceptors (Lipinski definition) is 5. The molecule has 0 fully saturated rings. The number of aryl methyl sites for hydroxylation is 1. The van der Waals surface area contributed by atoms with E-state index in [2.05, 4.69) is 15.5 Å². The lowest BCUT2D eigenvalue weighted by molar-refractivity contribution is -0.115. The van der Waals surface area contributed by atoms with Gasteiger partial charge in [-0.25, -0.2) is 4.98 Å². The van der Waals surface area contributed by atoms with E-state index in [4.69, 9.17) is 4.98 Å². The van der Waals surface area contributed by atoms with Gasteiger partial charge in [-0.2, -0.15) is 0 Å². The summed E-state index contributed by atoms with van der Waals surface area (Å²) in [6.07, 6.45) is 0.364. The summed E-state index contributed by atoms with van der Waals surface area (Å²) in [5.74, 6) is 0.534. The van der Waals surface area contributed by atoms with Crippen LogP contribution in [0, 0.1) is 6.92 Å². The van der Waals surface area contributed by atoms with E-state index in [1.807, 2.05) is 91.9 Å². The van der Waals surface area contributed by atoms with Gasteiger partial charge in [-0.05, 0) is 19.1 Å². The molecule has 154 valence electrons. The van der Waals surface area contributed by atoms with Gasteiger partial charge in [0.05, 0.1) is 0 Å². The van der Waals surface area contributed by atoms with Crippen LogP contribution in [-0.4, -0.2) is 26.8 Å². The molecule has 0 aliphatic rings. The molecule has 0 unspecified atom stereocenters. The fourth-order valence-corrected chi connectivity index (χ4v) is 3.78. The molecule has 31 heavy (non-hydrogen) atoms. The zero-order chi connectivity index (χ0) is 21.5. The average molecular weight is 427 g/mol. The summed E-state index contributed by atoms with van der Waals surface area (Å²) in [5, 5.41) is 12.2. The number of amides is 1. The molecule has 4 aromatic rings. The van der Waals surface area contributed by atoms with E-state index in [0.717, 1.165) is 33.8 Å². The van der Waals surface area contributed by atoms with Crippen LogP contribution < -0.4 is 5.32 Å². The molecule has 6 heteroatoms. The molecule has 5 nitrogen and oxygen atoms in total. The van der Waals surface area contributed by atoms with E-state index in [1.165, 1.54) is 11.8 Å². The molecule has 0 bridgehead atoms. The molecular weight excluding hydrogens is 404 g/mol. The summed E-state index contributed by atoms with van der Waals surface area (Å²) < 4.78 is 0. The molecule has 1 heterocycles. The minimum atomic E-state index is -0.0338. The Labute approximate surface area is 186 Å². The summed E-state index contributed by atoms with van der Waals surface area (Å²) in [7, 11) is 0. The normalized spacial score (nSPS) is 10.6. The van der Waals surface area contributed by atoms with E-state index in [9.17, 15) is 4.79 Å². The van der Waals surface area contributed by atoms with Crippen molar-refractivity contribution >= 4 is 23.4 Å². The molecule has 0 radical (unpaired) electrons. The van der Waals surface area contributed by atoms with Crippen molar-refractivity contribution in [1.29, 1.82) is 0 Å². The number of anilines is 1. The third-order valence-electron chi connectivity index (χ3n) is 4.66. The van der Waals surface area contributed by atoms with Gasteiger partial charge < -0.3 is 5.32 Å². The highest BCUT2D eigenvalue weighted by atomic mass is 32.2. The number of nitrogens with zero attached hydrogens (tertiary/aromatic N) is 3. The monoisotopic (exact) mass is 426 g/mol. The second-order valence-corrected chi connectivity index (χ2v) is 8.10. The van der Waals surface area contributed by atoms with Crippen molar-refractivity contribution in [1.82, 2.24) is 15.2 Å². The molecule has 3 aromatic carbocycles. The molecule has 1 N–H and O–H groups in total. The van der Waals surface area contributed by atoms with Crippen molar-refractivity contribution in [2.45, 2.75) is 18.5 Å². The second kappa shape index (κ2) is 10.00. The Balaban J connectivity index is 1.46. The SMILES string of the molecule is Cc1ccc(NC(=O)CCSc2nnc(-c3ccccc3)c(-c3ccccc3)n2)cc1. The number of benzene rings is 3. The van der Waals surface area contributed by atoms with Crippen LogP contribution in [0.4, 0.5) is 5.69 Å². The number of thioether (sulfide) groups is 1.